The van der Waals surface area contributed by atoms with Gasteiger partial charge in [0.05, 0.1) is 5.92 Å². The molecule has 0 aromatic rings. The van der Waals surface area contributed by atoms with Gasteiger partial charge in [0, 0.05) is 6.42 Å². The molecule has 1 aliphatic heterocycles. The van der Waals surface area contributed by atoms with Crippen LogP contribution in [0.5, 0.6) is 0 Å². The fourth-order valence-electron chi connectivity index (χ4n) is 0.961. The van der Waals surface area contributed by atoms with Crippen LogP contribution in [0.15, 0.2) is 12.2 Å². The molecule has 1 saturated heterocycles. The highest BCUT2D eigenvalue weighted by atomic mass is 16.2. The van der Waals surface area contributed by atoms with Crippen molar-refractivity contribution in [2.75, 3.05) is 0 Å². The Hall–Kier alpha value is -1.12. The first-order valence-corrected chi connectivity index (χ1v) is 3.20. The zero-order valence-electron chi connectivity index (χ0n) is 5.76. The topological polar surface area (TPSA) is 46.2 Å². The predicted octanol–water partition coefficient (Wildman–Crippen LogP) is 0.225. The van der Waals surface area contributed by atoms with Crippen LogP contribution in [0, 0.1) is 5.92 Å². The maximum atomic E-state index is 10.8. The summed E-state index contributed by atoms with van der Waals surface area (Å²) in [5.41, 5.74) is 0. The average Bonchev–Trinajstić information content (AvgIpc) is 2.13. The summed E-state index contributed by atoms with van der Waals surface area (Å²) in [4.78, 5) is 21.4. The third kappa shape index (κ3) is 1.23. The van der Waals surface area contributed by atoms with Gasteiger partial charge in [0.1, 0.15) is 0 Å². The van der Waals surface area contributed by atoms with Gasteiger partial charge in [-0.2, -0.15) is 0 Å². The molecular weight excluding hydrogens is 130 g/mol. The van der Waals surface area contributed by atoms with Crippen LogP contribution in [-0.4, -0.2) is 11.8 Å². The molecule has 0 aromatic carbocycles. The fraction of sp³-hybridized carbons (Fsp3) is 0.429. The van der Waals surface area contributed by atoms with Gasteiger partial charge in [-0.05, 0) is 6.92 Å². The Morgan fingerprint density at radius 2 is 2.30 bits per heavy atom. The third-order valence-electron chi connectivity index (χ3n) is 1.43. The fourth-order valence-corrected chi connectivity index (χ4v) is 0.961. The normalized spacial score (nSPS) is 25.9. The molecule has 1 rings (SSSR count). The van der Waals surface area contributed by atoms with Gasteiger partial charge < -0.3 is 0 Å². The number of amides is 2. The predicted molar refractivity (Wildman–Crippen MR) is 36.1 cm³/mol. The van der Waals surface area contributed by atoms with E-state index in [0.29, 0.717) is 6.42 Å². The van der Waals surface area contributed by atoms with Crippen molar-refractivity contribution in [1.82, 2.24) is 5.32 Å². The Labute approximate surface area is 59.1 Å². The van der Waals surface area contributed by atoms with E-state index in [0.717, 1.165) is 0 Å². The molecule has 2 amide bonds. The van der Waals surface area contributed by atoms with Gasteiger partial charge in [-0.3, -0.25) is 14.9 Å². The van der Waals surface area contributed by atoms with E-state index < -0.39 is 0 Å². The lowest BCUT2D eigenvalue weighted by molar-refractivity contribution is -0.125. The molecule has 3 nitrogen and oxygen atoms in total. The molecule has 1 aliphatic rings. The summed E-state index contributed by atoms with van der Waals surface area (Å²) in [6, 6.07) is 0. The first kappa shape index (κ1) is 6.99. The minimum absolute atomic E-state index is 0.173. The summed E-state index contributed by atoms with van der Waals surface area (Å²) in [7, 11) is 0. The minimum atomic E-state index is -0.225. The summed E-state index contributed by atoms with van der Waals surface area (Å²) in [6.45, 7) is 1.83. The summed E-state index contributed by atoms with van der Waals surface area (Å²) in [5, 5.41) is 2.22. The van der Waals surface area contributed by atoms with Gasteiger partial charge in [-0.15, -0.1) is 0 Å². The molecule has 0 spiro atoms. The number of rotatable bonds is 1. The quantitative estimate of drug-likeness (QED) is 0.417. The van der Waals surface area contributed by atoms with Crippen molar-refractivity contribution in [3.8, 4) is 0 Å². The first-order valence-electron chi connectivity index (χ1n) is 3.20. The molecule has 1 heterocycles. The van der Waals surface area contributed by atoms with Crippen LogP contribution >= 0.6 is 0 Å². The molecule has 3 heteroatoms. The van der Waals surface area contributed by atoms with E-state index in [1.165, 1.54) is 0 Å². The molecule has 1 fully saturated rings. The van der Waals surface area contributed by atoms with Crippen molar-refractivity contribution in [2.45, 2.75) is 13.3 Å². The molecule has 0 saturated carbocycles. The zero-order valence-corrected chi connectivity index (χ0v) is 5.76. The Kier molecular flexibility index (Phi) is 1.85. The molecule has 10 heavy (non-hydrogen) atoms. The standard InChI is InChI=1S/C7H9NO2/c1-2-3-5-4-6(9)8-7(5)10/h2-3,5H,4H2,1H3,(H,8,9,10)/b3-2+. The van der Waals surface area contributed by atoms with E-state index in [4.69, 9.17) is 0 Å². The highest BCUT2D eigenvalue weighted by Gasteiger charge is 2.27. The molecule has 0 radical (unpaired) electrons. The summed E-state index contributed by atoms with van der Waals surface area (Å²) in [6.07, 6.45) is 3.83. The number of nitrogens with one attached hydrogen (secondary N) is 1. The van der Waals surface area contributed by atoms with Crippen molar-refractivity contribution < 1.29 is 9.59 Å². The molecule has 1 atom stereocenters. The largest absolute Gasteiger partial charge is 0.296 e. The maximum absolute atomic E-state index is 10.8. The molecule has 0 bridgehead atoms. The van der Waals surface area contributed by atoms with E-state index in [1.807, 2.05) is 6.92 Å². The lowest BCUT2D eigenvalue weighted by atomic mass is 10.1. The highest BCUT2D eigenvalue weighted by molar-refractivity contribution is 6.04. The smallest absolute Gasteiger partial charge is 0.233 e. The van der Waals surface area contributed by atoms with Crippen molar-refractivity contribution >= 4 is 11.8 Å². The molecule has 1 unspecified atom stereocenters. The highest BCUT2D eigenvalue weighted by Crippen LogP contribution is 2.11. The van der Waals surface area contributed by atoms with Gasteiger partial charge in [-0.25, -0.2) is 0 Å². The Bertz CT molecular complexity index is 196. The van der Waals surface area contributed by atoms with Gasteiger partial charge in [-0.1, -0.05) is 12.2 Å². The minimum Gasteiger partial charge on any atom is -0.296 e. The Balaban J connectivity index is 2.63. The second-order valence-corrected chi connectivity index (χ2v) is 2.25. The van der Waals surface area contributed by atoms with Crippen molar-refractivity contribution in [2.24, 2.45) is 5.92 Å². The van der Waals surface area contributed by atoms with Crippen LogP contribution in [0.25, 0.3) is 0 Å². The molecule has 0 aliphatic carbocycles. The van der Waals surface area contributed by atoms with Gasteiger partial charge in [0.25, 0.3) is 0 Å². The number of carbonyl (C=O) groups is 2. The third-order valence-corrected chi connectivity index (χ3v) is 1.43. The second kappa shape index (κ2) is 2.64. The lowest BCUT2D eigenvalue weighted by Crippen LogP contribution is -2.21. The number of imide groups is 1. The van der Waals surface area contributed by atoms with Crippen molar-refractivity contribution in [1.29, 1.82) is 0 Å². The average molecular weight is 139 g/mol. The lowest BCUT2D eigenvalue weighted by Gasteiger charge is -1.93. The summed E-state index contributed by atoms with van der Waals surface area (Å²) in [5.74, 6) is -0.575. The summed E-state index contributed by atoms with van der Waals surface area (Å²) < 4.78 is 0. The van der Waals surface area contributed by atoms with Gasteiger partial charge in [0.2, 0.25) is 11.8 Å². The molecule has 1 N–H and O–H groups in total. The second-order valence-electron chi connectivity index (χ2n) is 2.25. The SMILES string of the molecule is C/C=C/C1CC(=O)NC1=O. The first-order chi connectivity index (χ1) is 4.74. The maximum Gasteiger partial charge on any atom is 0.233 e. The van der Waals surface area contributed by atoms with Gasteiger partial charge >= 0.3 is 0 Å². The van der Waals surface area contributed by atoms with Gasteiger partial charge in [0.15, 0.2) is 0 Å². The van der Waals surface area contributed by atoms with E-state index >= 15 is 0 Å². The monoisotopic (exact) mass is 139 g/mol. The van der Waals surface area contributed by atoms with E-state index in [2.05, 4.69) is 5.32 Å². The molecule has 54 valence electrons. The van der Waals surface area contributed by atoms with Crippen LogP contribution < -0.4 is 5.32 Å². The number of allylic oxidation sites excluding steroid dienone is 1. The zero-order chi connectivity index (χ0) is 7.56. The molecular formula is C7H9NO2. The Morgan fingerprint density at radius 1 is 1.60 bits per heavy atom. The van der Waals surface area contributed by atoms with E-state index in [-0.39, 0.29) is 17.7 Å². The van der Waals surface area contributed by atoms with E-state index in [1.54, 1.807) is 12.2 Å². The van der Waals surface area contributed by atoms with Crippen LogP contribution in [0.2, 0.25) is 0 Å². The van der Waals surface area contributed by atoms with Crippen LogP contribution in [0.4, 0.5) is 0 Å². The van der Waals surface area contributed by atoms with Crippen LogP contribution in [-0.2, 0) is 9.59 Å². The van der Waals surface area contributed by atoms with Crippen LogP contribution in [0.3, 0.4) is 0 Å². The van der Waals surface area contributed by atoms with Crippen molar-refractivity contribution in [3.05, 3.63) is 12.2 Å². The molecule has 0 aromatic heterocycles. The van der Waals surface area contributed by atoms with Crippen LogP contribution in [0.1, 0.15) is 13.3 Å². The number of hydrogen-bond donors (Lipinski definition) is 1. The Morgan fingerprint density at radius 3 is 2.70 bits per heavy atom. The number of hydrogen-bond acceptors (Lipinski definition) is 2. The summed E-state index contributed by atoms with van der Waals surface area (Å²) >= 11 is 0. The number of carbonyl (C=O) groups excluding carboxylic acids is 2. The van der Waals surface area contributed by atoms with E-state index in [9.17, 15) is 9.59 Å². The van der Waals surface area contributed by atoms with Crippen molar-refractivity contribution in [3.63, 3.8) is 0 Å².